The molecule has 1 aromatic rings. The zero-order valence-electron chi connectivity index (χ0n) is 28.9. The molecule has 41 heavy (non-hydrogen) atoms. The van der Waals surface area contributed by atoms with Gasteiger partial charge in [-0.05, 0) is 60.5 Å². The molecule has 236 valence electrons. The number of benzene rings is 1. The number of rotatable bonds is 5. The fraction of sp³-hybridized carbons (Fsp3) is 0.816. The number of ether oxygens (including phenoxy) is 1. The van der Waals surface area contributed by atoms with E-state index in [0.29, 0.717) is 0 Å². The molecule has 0 spiro atoms. The molecule has 1 aliphatic rings. The molecule has 1 aromatic carbocycles. The number of hydrogen-bond donors (Lipinski definition) is 0. The van der Waals surface area contributed by atoms with E-state index in [4.69, 9.17) is 4.74 Å². The Bertz CT molecular complexity index is 904. The van der Waals surface area contributed by atoms with Gasteiger partial charge in [0.15, 0.2) is 6.61 Å². The largest absolute Gasteiger partial charge is 0.483 e. The highest BCUT2D eigenvalue weighted by Gasteiger charge is 2.31. The van der Waals surface area contributed by atoms with E-state index in [9.17, 15) is 4.79 Å². The molecule has 2 bridgehead atoms. The molecule has 0 heterocycles. The van der Waals surface area contributed by atoms with Gasteiger partial charge in [-0.3, -0.25) is 4.79 Å². The number of likely N-dealkylation sites (N-methyl/N-ethyl adjacent to an activating group) is 1. The molecule has 0 fully saturated rings. The highest BCUT2D eigenvalue weighted by molar-refractivity contribution is 5.77. The van der Waals surface area contributed by atoms with Gasteiger partial charge in [-0.25, -0.2) is 0 Å². The van der Waals surface area contributed by atoms with Crippen LogP contribution in [-0.4, -0.2) is 30.5 Å². The SMILES string of the molecule is CCN(CC)C(=O)COc1c2cc(C(C)(C)C)cc1C(C)(C)CCCCCCCCCCCCCCCC(C)(C)C2. The first-order chi connectivity index (χ1) is 19.3. The second-order valence-electron chi connectivity index (χ2n) is 15.4. The van der Waals surface area contributed by atoms with E-state index in [1.807, 2.05) is 18.7 Å². The second kappa shape index (κ2) is 17.0. The number of carbonyl (C=O) groups excluding carboxylic acids is 1. The summed E-state index contributed by atoms with van der Waals surface area (Å²) in [7, 11) is 0. The molecule has 0 saturated heterocycles. The summed E-state index contributed by atoms with van der Waals surface area (Å²) in [6.45, 7) is 22.3. The summed E-state index contributed by atoms with van der Waals surface area (Å²) in [5, 5.41) is 0. The van der Waals surface area contributed by atoms with Crippen LogP contribution in [0.2, 0.25) is 0 Å². The number of hydrogen-bond acceptors (Lipinski definition) is 2. The van der Waals surface area contributed by atoms with Crippen LogP contribution >= 0.6 is 0 Å². The minimum absolute atomic E-state index is 0.0213. The second-order valence-corrected chi connectivity index (χ2v) is 15.4. The maximum atomic E-state index is 13.1. The Morgan fingerprint density at radius 1 is 0.756 bits per heavy atom. The van der Waals surface area contributed by atoms with Crippen molar-refractivity contribution in [2.24, 2.45) is 5.41 Å². The Morgan fingerprint density at radius 2 is 1.22 bits per heavy atom. The molecule has 0 saturated carbocycles. The monoisotopic (exact) mass is 570 g/mol. The smallest absolute Gasteiger partial charge is 0.260 e. The predicted octanol–water partition coefficient (Wildman–Crippen LogP) is 10.9. The lowest BCUT2D eigenvalue weighted by atomic mass is 9.73. The number of amides is 1. The Morgan fingerprint density at radius 3 is 1.68 bits per heavy atom. The fourth-order valence-electron chi connectivity index (χ4n) is 6.58. The van der Waals surface area contributed by atoms with Crippen molar-refractivity contribution in [1.29, 1.82) is 0 Å². The van der Waals surface area contributed by atoms with Crippen LogP contribution in [0.1, 0.15) is 175 Å². The molecule has 3 nitrogen and oxygen atoms in total. The third kappa shape index (κ3) is 12.3. The first-order valence-corrected chi connectivity index (χ1v) is 17.4. The van der Waals surface area contributed by atoms with Crippen molar-refractivity contribution in [3.8, 4) is 5.75 Å². The van der Waals surface area contributed by atoms with Crippen molar-refractivity contribution in [1.82, 2.24) is 4.90 Å². The summed E-state index contributed by atoms with van der Waals surface area (Å²) in [6, 6.07) is 4.83. The van der Waals surface area contributed by atoms with E-state index in [0.717, 1.165) is 31.7 Å². The van der Waals surface area contributed by atoms with Crippen molar-refractivity contribution in [2.75, 3.05) is 19.7 Å². The van der Waals surface area contributed by atoms with Gasteiger partial charge in [-0.1, -0.05) is 144 Å². The molecule has 2 rings (SSSR count). The first-order valence-electron chi connectivity index (χ1n) is 17.4. The molecular weight excluding hydrogens is 502 g/mol. The average molecular weight is 570 g/mol. The Kier molecular flexibility index (Phi) is 14.8. The average Bonchev–Trinajstić information content (AvgIpc) is 2.89. The molecule has 3 heteroatoms. The van der Waals surface area contributed by atoms with Crippen LogP contribution < -0.4 is 4.74 Å². The summed E-state index contributed by atoms with van der Waals surface area (Å²) in [5.74, 6) is 1.07. The molecule has 1 amide bonds. The quantitative estimate of drug-likeness (QED) is 0.353. The van der Waals surface area contributed by atoms with Crippen LogP contribution in [0.25, 0.3) is 0 Å². The summed E-state index contributed by atoms with van der Waals surface area (Å²) in [5.41, 5.74) is 4.18. The topological polar surface area (TPSA) is 29.5 Å². The van der Waals surface area contributed by atoms with Gasteiger partial charge >= 0.3 is 0 Å². The third-order valence-corrected chi connectivity index (χ3v) is 9.54. The molecule has 0 unspecified atom stereocenters. The molecule has 0 N–H and O–H groups in total. The Labute approximate surface area is 255 Å². The molecule has 0 atom stereocenters. The van der Waals surface area contributed by atoms with Crippen molar-refractivity contribution in [3.63, 3.8) is 0 Å². The van der Waals surface area contributed by atoms with Crippen LogP contribution in [0.15, 0.2) is 12.1 Å². The lowest BCUT2D eigenvalue weighted by molar-refractivity contribution is -0.133. The van der Waals surface area contributed by atoms with Crippen LogP contribution in [0, 0.1) is 5.41 Å². The van der Waals surface area contributed by atoms with Crippen LogP contribution in [0.5, 0.6) is 5.75 Å². The maximum absolute atomic E-state index is 13.1. The van der Waals surface area contributed by atoms with Gasteiger partial charge in [-0.2, -0.15) is 0 Å². The van der Waals surface area contributed by atoms with Crippen LogP contribution in [-0.2, 0) is 22.0 Å². The van der Waals surface area contributed by atoms with Gasteiger partial charge in [0.2, 0.25) is 0 Å². The maximum Gasteiger partial charge on any atom is 0.260 e. The van der Waals surface area contributed by atoms with Crippen molar-refractivity contribution < 1.29 is 9.53 Å². The number of fused-ring (bicyclic) bond motifs is 2. The summed E-state index contributed by atoms with van der Waals surface area (Å²) in [4.78, 5) is 15.0. The van der Waals surface area contributed by atoms with E-state index >= 15 is 0 Å². The van der Waals surface area contributed by atoms with Crippen molar-refractivity contribution in [2.45, 2.75) is 176 Å². The summed E-state index contributed by atoms with van der Waals surface area (Å²) in [6.07, 6.45) is 21.1. The summed E-state index contributed by atoms with van der Waals surface area (Å²) < 4.78 is 6.65. The van der Waals surface area contributed by atoms with E-state index in [-0.39, 0.29) is 28.8 Å². The van der Waals surface area contributed by atoms with E-state index in [1.165, 1.54) is 107 Å². The molecule has 1 aliphatic carbocycles. The first kappa shape index (κ1) is 35.7. The summed E-state index contributed by atoms with van der Waals surface area (Å²) >= 11 is 0. The van der Waals surface area contributed by atoms with Gasteiger partial charge in [0.05, 0.1) is 0 Å². The van der Waals surface area contributed by atoms with Gasteiger partial charge in [0, 0.05) is 18.7 Å². The highest BCUT2D eigenvalue weighted by atomic mass is 16.5. The Balaban J connectivity index is 2.49. The molecule has 0 radical (unpaired) electrons. The lowest BCUT2D eigenvalue weighted by Crippen LogP contribution is -2.35. The van der Waals surface area contributed by atoms with Gasteiger partial charge in [-0.15, -0.1) is 0 Å². The van der Waals surface area contributed by atoms with Gasteiger partial charge < -0.3 is 9.64 Å². The number of nitrogens with zero attached hydrogens (tertiary/aromatic N) is 1. The fourth-order valence-corrected chi connectivity index (χ4v) is 6.58. The predicted molar refractivity (Wildman–Crippen MR) is 178 cm³/mol. The van der Waals surface area contributed by atoms with Crippen molar-refractivity contribution in [3.05, 3.63) is 28.8 Å². The third-order valence-electron chi connectivity index (χ3n) is 9.54. The zero-order valence-corrected chi connectivity index (χ0v) is 28.9. The normalized spacial score (nSPS) is 20.0. The van der Waals surface area contributed by atoms with Crippen LogP contribution in [0.4, 0.5) is 0 Å². The van der Waals surface area contributed by atoms with Gasteiger partial charge in [0.25, 0.3) is 5.91 Å². The van der Waals surface area contributed by atoms with E-state index in [2.05, 4.69) is 60.6 Å². The van der Waals surface area contributed by atoms with Crippen LogP contribution in [0.3, 0.4) is 0 Å². The van der Waals surface area contributed by atoms with Crippen molar-refractivity contribution >= 4 is 5.91 Å². The molecular formula is C38H67NO2. The molecule has 0 aromatic heterocycles. The highest BCUT2D eigenvalue weighted by Crippen LogP contribution is 2.43. The zero-order chi connectivity index (χ0) is 30.5. The Hall–Kier alpha value is -1.51. The lowest BCUT2D eigenvalue weighted by Gasteiger charge is -2.34. The minimum Gasteiger partial charge on any atom is -0.483 e. The van der Waals surface area contributed by atoms with Gasteiger partial charge in [0.1, 0.15) is 5.75 Å². The van der Waals surface area contributed by atoms with E-state index in [1.54, 1.807) is 0 Å². The number of carbonyl (C=O) groups is 1. The molecule has 0 aliphatic heterocycles. The van der Waals surface area contributed by atoms with E-state index < -0.39 is 0 Å². The standard InChI is InChI=1S/C38H67NO2/c1-10-39(11-2)34(40)30-41-35-31-27-32(36(3,4)5)28-33(35)38(8,9)26-24-22-20-18-16-14-12-13-15-17-19-21-23-25-37(6,7)29-31/h27-28H,10-26,29-30H2,1-9H3. The minimum atomic E-state index is -0.0213.